The van der Waals surface area contributed by atoms with Crippen molar-refractivity contribution in [2.75, 3.05) is 0 Å². The number of benzene rings is 1. The maximum Gasteiger partial charge on any atom is 0.122 e. The van der Waals surface area contributed by atoms with E-state index < -0.39 is 0 Å². The van der Waals surface area contributed by atoms with Gasteiger partial charge in [0.2, 0.25) is 0 Å². The Labute approximate surface area is 112 Å². The number of hydrogen-bond donors (Lipinski definition) is 1. The molecule has 0 spiro atoms. The van der Waals surface area contributed by atoms with Crippen LogP contribution in [0.15, 0.2) is 30.5 Å². The van der Waals surface area contributed by atoms with Crippen molar-refractivity contribution in [3.8, 4) is 11.3 Å². The summed E-state index contributed by atoms with van der Waals surface area (Å²) in [5.74, 6) is 0.917. The fourth-order valence-corrected chi connectivity index (χ4v) is 2.78. The van der Waals surface area contributed by atoms with Gasteiger partial charge in [-0.25, -0.2) is 4.98 Å². The summed E-state index contributed by atoms with van der Waals surface area (Å²) in [6, 6.07) is 8.42. The average molecular weight is 254 g/mol. The van der Waals surface area contributed by atoms with Crippen molar-refractivity contribution in [3.63, 3.8) is 0 Å². The number of fused-ring (bicyclic) bond motifs is 1. The summed E-state index contributed by atoms with van der Waals surface area (Å²) in [5, 5.41) is 1.25. The Bertz CT molecular complexity index is 749. The molecule has 0 amide bonds. The summed E-state index contributed by atoms with van der Waals surface area (Å²) in [4.78, 5) is 4.55. The first kappa shape index (κ1) is 12.0. The molecule has 4 nitrogen and oxygen atoms in total. The van der Waals surface area contributed by atoms with Crippen molar-refractivity contribution in [1.29, 1.82) is 0 Å². The van der Waals surface area contributed by atoms with Gasteiger partial charge in [0.25, 0.3) is 0 Å². The topological polar surface area (TPSA) is 48.8 Å². The maximum atomic E-state index is 5.74. The number of imidazole rings is 1. The second-order valence-corrected chi connectivity index (χ2v) is 4.90. The Balaban J connectivity index is 2.34. The lowest BCUT2D eigenvalue weighted by Gasteiger charge is -2.04. The molecule has 0 aliphatic heterocycles. The first-order valence-electron chi connectivity index (χ1n) is 6.40. The minimum Gasteiger partial charge on any atom is -0.350 e. The summed E-state index contributed by atoms with van der Waals surface area (Å²) in [5.41, 5.74) is 10.4. The van der Waals surface area contributed by atoms with E-state index in [1.54, 1.807) is 0 Å². The Hall–Kier alpha value is -2.07. The molecule has 0 fully saturated rings. The molecule has 0 radical (unpaired) electrons. The van der Waals surface area contributed by atoms with E-state index in [9.17, 15) is 0 Å². The number of hydrogen-bond acceptors (Lipinski definition) is 2. The molecule has 0 saturated heterocycles. The molecule has 2 N–H and O–H groups in total. The third kappa shape index (κ3) is 1.68. The van der Waals surface area contributed by atoms with Gasteiger partial charge in [-0.3, -0.25) is 0 Å². The fraction of sp³-hybridized carbons (Fsp3) is 0.267. The second kappa shape index (κ2) is 4.24. The van der Waals surface area contributed by atoms with Crippen LogP contribution in [0.25, 0.3) is 22.2 Å². The molecule has 0 aliphatic carbocycles. The Morgan fingerprint density at radius 2 is 1.95 bits per heavy atom. The van der Waals surface area contributed by atoms with Crippen molar-refractivity contribution in [2.24, 2.45) is 19.8 Å². The van der Waals surface area contributed by atoms with Crippen LogP contribution in [0.5, 0.6) is 0 Å². The van der Waals surface area contributed by atoms with Gasteiger partial charge < -0.3 is 14.9 Å². The molecule has 1 aromatic carbocycles. The molecule has 0 aliphatic rings. The highest BCUT2D eigenvalue weighted by molar-refractivity contribution is 5.95. The maximum absolute atomic E-state index is 5.74. The van der Waals surface area contributed by atoms with E-state index in [1.165, 1.54) is 16.5 Å². The van der Waals surface area contributed by atoms with Gasteiger partial charge in [0.1, 0.15) is 5.82 Å². The normalized spacial score (nSPS) is 11.4. The average Bonchev–Trinajstić information content (AvgIpc) is 2.88. The second-order valence-electron chi connectivity index (χ2n) is 4.90. The lowest BCUT2D eigenvalue weighted by molar-refractivity contribution is 0.798. The van der Waals surface area contributed by atoms with Crippen molar-refractivity contribution in [3.05, 3.63) is 42.0 Å². The highest BCUT2D eigenvalue weighted by atomic mass is 15.1. The van der Waals surface area contributed by atoms with Crippen LogP contribution in [0.2, 0.25) is 0 Å². The monoisotopic (exact) mass is 254 g/mol. The van der Waals surface area contributed by atoms with Gasteiger partial charge in [-0.1, -0.05) is 18.2 Å². The highest BCUT2D eigenvalue weighted by Gasteiger charge is 2.16. The molecule has 3 aromatic rings. The lowest BCUT2D eigenvalue weighted by atomic mass is 10.1. The van der Waals surface area contributed by atoms with Gasteiger partial charge in [-0.15, -0.1) is 0 Å². The molecule has 3 rings (SSSR count). The zero-order valence-electron chi connectivity index (χ0n) is 11.5. The first-order chi connectivity index (χ1) is 9.13. The van der Waals surface area contributed by atoms with Crippen LogP contribution in [0.1, 0.15) is 11.5 Å². The minimum absolute atomic E-state index is 0.460. The van der Waals surface area contributed by atoms with E-state index >= 15 is 0 Å². The smallest absolute Gasteiger partial charge is 0.122 e. The predicted octanol–water partition coefficient (Wildman–Crippen LogP) is 2.35. The van der Waals surface area contributed by atoms with E-state index in [1.807, 2.05) is 14.0 Å². The summed E-state index contributed by atoms with van der Waals surface area (Å²) >= 11 is 0. The van der Waals surface area contributed by atoms with Gasteiger partial charge in [0.15, 0.2) is 0 Å². The van der Waals surface area contributed by atoms with Crippen molar-refractivity contribution in [1.82, 2.24) is 14.1 Å². The standard InChI is InChI=1S/C15H18N4/c1-10-15(19(3)14(8-16)17-10)12-9-18(2)13-7-5-4-6-11(12)13/h4-7,9H,8,16H2,1-3H3. The molecule has 2 aromatic heterocycles. The zero-order chi connectivity index (χ0) is 13.6. The predicted molar refractivity (Wildman–Crippen MR) is 77.7 cm³/mol. The number of nitrogens with two attached hydrogens (primary N) is 1. The van der Waals surface area contributed by atoms with Crippen LogP contribution in [0, 0.1) is 6.92 Å². The number of rotatable bonds is 2. The Morgan fingerprint density at radius 3 is 2.63 bits per heavy atom. The number of aryl methyl sites for hydroxylation is 2. The van der Waals surface area contributed by atoms with E-state index in [0.29, 0.717) is 6.54 Å². The molecule has 19 heavy (non-hydrogen) atoms. The van der Waals surface area contributed by atoms with Gasteiger partial charge in [-0.05, 0) is 13.0 Å². The quantitative estimate of drug-likeness (QED) is 0.763. The fourth-order valence-electron chi connectivity index (χ4n) is 2.78. The van der Waals surface area contributed by atoms with Crippen molar-refractivity contribution >= 4 is 10.9 Å². The van der Waals surface area contributed by atoms with E-state index in [0.717, 1.165) is 17.2 Å². The SMILES string of the molecule is Cc1nc(CN)n(C)c1-c1cn(C)c2ccccc12. The summed E-state index contributed by atoms with van der Waals surface area (Å²) in [6.45, 7) is 2.50. The summed E-state index contributed by atoms with van der Waals surface area (Å²) in [6.07, 6.45) is 2.16. The summed E-state index contributed by atoms with van der Waals surface area (Å²) < 4.78 is 4.25. The van der Waals surface area contributed by atoms with Crippen LogP contribution in [-0.4, -0.2) is 14.1 Å². The summed E-state index contributed by atoms with van der Waals surface area (Å²) in [7, 11) is 4.10. The van der Waals surface area contributed by atoms with Crippen molar-refractivity contribution in [2.45, 2.75) is 13.5 Å². The number of aromatic nitrogens is 3. The van der Waals surface area contributed by atoms with Crippen LogP contribution >= 0.6 is 0 Å². The van der Waals surface area contributed by atoms with E-state index in [4.69, 9.17) is 5.73 Å². The Kier molecular flexibility index (Phi) is 2.68. The van der Waals surface area contributed by atoms with Gasteiger partial charge in [-0.2, -0.15) is 0 Å². The first-order valence-corrected chi connectivity index (χ1v) is 6.40. The third-order valence-electron chi connectivity index (χ3n) is 3.70. The molecule has 0 saturated carbocycles. The lowest BCUT2D eigenvalue weighted by Crippen LogP contribution is -2.05. The van der Waals surface area contributed by atoms with E-state index in [2.05, 4.69) is 51.6 Å². The number of para-hydroxylation sites is 1. The van der Waals surface area contributed by atoms with E-state index in [-0.39, 0.29) is 0 Å². The van der Waals surface area contributed by atoms with Crippen molar-refractivity contribution < 1.29 is 0 Å². The van der Waals surface area contributed by atoms with Crippen LogP contribution < -0.4 is 5.73 Å². The molecule has 2 heterocycles. The third-order valence-corrected chi connectivity index (χ3v) is 3.70. The molecular formula is C15H18N4. The molecule has 98 valence electrons. The van der Waals surface area contributed by atoms with Crippen LogP contribution in [-0.2, 0) is 20.6 Å². The van der Waals surface area contributed by atoms with Gasteiger partial charge >= 0.3 is 0 Å². The number of nitrogens with zero attached hydrogens (tertiary/aromatic N) is 3. The van der Waals surface area contributed by atoms with Gasteiger partial charge in [0, 0.05) is 36.8 Å². The molecular weight excluding hydrogens is 236 g/mol. The molecule has 0 bridgehead atoms. The molecule has 0 unspecified atom stereocenters. The van der Waals surface area contributed by atoms with Crippen LogP contribution in [0.4, 0.5) is 0 Å². The molecule has 0 atom stereocenters. The molecule has 4 heteroatoms. The Morgan fingerprint density at radius 1 is 1.21 bits per heavy atom. The van der Waals surface area contributed by atoms with Crippen LogP contribution in [0.3, 0.4) is 0 Å². The largest absolute Gasteiger partial charge is 0.350 e. The highest BCUT2D eigenvalue weighted by Crippen LogP contribution is 2.32. The van der Waals surface area contributed by atoms with Gasteiger partial charge in [0.05, 0.1) is 17.9 Å². The zero-order valence-corrected chi connectivity index (χ0v) is 11.5. The minimum atomic E-state index is 0.460.